The molecule has 2 fully saturated rings. The van der Waals surface area contributed by atoms with Crippen LogP contribution in [0.2, 0.25) is 0 Å². The van der Waals surface area contributed by atoms with E-state index in [0.29, 0.717) is 23.9 Å². The molecule has 0 bridgehead atoms. The molecule has 1 aromatic rings. The van der Waals surface area contributed by atoms with Gasteiger partial charge in [0, 0.05) is 51.3 Å². The van der Waals surface area contributed by atoms with E-state index in [1.165, 1.54) is 18.4 Å². The third-order valence-electron chi connectivity index (χ3n) is 4.72. The molecule has 2 amide bonds. The summed E-state index contributed by atoms with van der Waals surface area (Å²) < 4.78 is 0. The monoisotopic (exact) mass is 315 g/mol. The Hall–Kier alpha value is -1.88. The quantitative estimate of drug-likeness (QED) is 0.832. The molecule has 3 rings (SSSR count). The maximum absolute atomic E-state index is 11.7. The molecule has 1 aliphatic carbocycles. The van der Waals surface area contributed by atoms with Crippen molar-refractivity contribution in [2.24, 2.45) is 0 Å². The Kier molecular flexibility index (Phi) is 4.96. The van der Waals surface area contributed by atoms with E-state index in [1.54, 1.807) is 7.05 Å². The first kappa shape index (κ1) is 16.0. The zero-order valence-corrected chi connectivity index (χ0v) is 13.8. The number of hydrogen-bond donors (Lipinski definition) is 1. The summed E-state index contributed by atoms with van der Waals surface area (Å²) in [7, 11) is 1.64. The van der Waals surface area contributed by atoms with Crippen LogP contribution in [0, 0.1) is 0 Å². The molecular weight excluding hydrogens is 290 g/mol. The predicted octanol–water partition coefficient (Wildman–Crippen LogP) is 1.63. The molecule has 1 saturated heterocycles. The smallest absolute Gasteiger partial charge is 0.251 e. The Balaban J connectivity index is 1.56. The van der Waals surface area contributed by atoms with Crippen molar-refractivity contribution in [3.8, 4) is 0 Å². The van der Waals surface area contributed by atoms with E-state index in [4.69, 9.17) is 0 Å². The number of likely N-dealkylation sites (tertiary alicyclic amines) is 1. The van der Waals surface area contributed by atoms with Gasteiger partial charge in [-0.1, -0.05) is 12.1 Å². The summed E-state index contributed by atoms with van der Waals surface area (Å²) in [6.45, 7) is 3.58. The number of amides is 2. The highest BCUT2D eigenvalue weighted by Crippen LogP contribution is 2.28. The van der Waals surface area contributed by atoms with Crippen molar-refractivity contribution in [1.82, 2.24) is 15.1 Å². The van der Waals surface area contributed by atoms with E-state index in [0.717, 1.165) is 32.6 Å². The Bertz CT molecular complexity index is 566. The number of carbonyl (C=O) groups is 2. The van der Waals surface area contributed by atoms with Crippen LogP contribution in [-0.4, -0.2) is 54.3 Å². The predicted molar refractivity (Wildman–Crippen MR) is 89.1 cm³/mol. The number of rotatable bonds is 7. The number of nitrogens with one attached hydrogen (secondary N) is 1. The summed E-state index contributed by atoms with van der Waals surface area (Å²) in [6, 6.07) is 8.47. The van der Waals surface area contributed by atoms with Crippen molar-refractivity contribution in [3.05, 3.63) is 35.4 Å². The third kappa shape index (κ3) is 4.10. The molecule has 1 aromatic carbocycles. The lowest BCUT2D eigenvalue weighted by molar-refractivity contribution is -0.127. The van der Waals surface area contributed by atoms with Crippen molar-refractivity contribution in [3.63, 3.8) is 0 Å². The van der Waals surface area contributed by atoms with Crippen LogP contribution in [0.4, 0.5) is 0 Å². The zero-order valence-electron chi connectivity index (χ0n) is 13.8. The minimum atomic E-state index is -0.0526. The minimum Gasteiger partial charge on any atom is -0.355 e. The lowest BCUT2D eigenvalue weighted by Gasteiger charge is -2.25. The standard InChI is InChI=1S/C18H25N3O2/c1-19-18(23)15-6-4-14(5-7-15)13-21(16-8-9-16)12-11-20-10-2-3-17(20)22/h4-7,16H,2-3,8-13H2,1H3,(H,19,23). The van der Waals surface area contributed by atoms with Crippen LogP contribution in [0.25, 0.3) is 0 Å². The SMILES string of the molecule is CNC(=O)c1ccc(CN(CCN2CCCC2=O)C2CC2)cc1. The first-order chi connectivity index (χ1) is 11.2. The van der Waals surface area contributed by atoms with E-state index >= 15 is 0 Å². The maximum atomic E-state index is 11.7. The van der Waals surface area contributed by atoms with Crippen molar-refractivity contribution in [1.29, 1.82) is 0 Å². The summed E-state index contributed by atoms with van der Waals surface area (Å²) >= 11 is 0. The molecule has 0 spiro atoms. The molecule has 23 heavy (non-hydrogen) atoms. The number of benzene rings is 1. The Morgan fingerprint density at radius 1 is 1.30 bits per heavy atom. The fourth-order valence-electron chi connectivity index (χ4n) is 3.16. The fourth-order valence-corrected chi connectivity index (χ4v) is 3.16. The second-order valence-corrected chi connectivity index (χ2v) is 6.46. The summed E-state index contributed by atoms with van der Waals surface area (Å²) in [5.41, 5.74) is 1.91. The van der Waals surface area contributed by atoms with Crippen molar-refractivity contribution >= 4 is 11.8 Å². The van der Waals surface area contributed by atoms with Crippen LogP contribution in [0.15, 0.2) is 24.3 Å². The van der Waals surface area contributed by atoms with Gasteiger partial charge in [-0.3, -0.25) is 14.5 Å². The van der Waals surface area contributed by atoms with E-state index < -0.39 is 0 Å². The van der Waals surface area contributed by atoms with Gasteiger partial charge in [0.15, 0.2) is 0 Å². The normalized spacial score (nSPS) is 17.8. The summed E-state index contributed by atoms with van der Waals surface area (Å²) in [5, 5.41) is 2.64. The lowest BCUT2D eigenvalue weighted by atomic mass is 10.1. The first-order valence-electron chi connectivity index (χ1n) is 8.50. The van der Waals surface area contributed by atoms with E-state index in [2.05, 4.69) is 10.2 Å². The summed E-state index contributed by atoms with van der Waals surface area (Å²) in [4.78, 5) is 27.8. The van der Waals surface area contributed by atoms with Gasteiger partial charge in [0.25, 0.3) is 5.91 Å². The van der Waals surface area contributed by atoms with Crippen LogP contribution in [0.5, 0.6) is 0 Å². The number of hydrogen-bond acceptors (Lipinski definition) is 3. The zero-order chi connectivity index (χ0) is 16.2. The molecule has 0 radical (unpaired) electrons. The molecule has 5 heteroatoms. The van der Waals surface area contributed by atoms with Gasteiger partial charge < -0.3 is 10.2 Å². The van der Waals surface area contributed by atoms with Crippen LogP contribution in [-0.2, 0) is 11.3 Å². The molecule has 2 aliphatic rings. The fraction of sp³-hybridized carbons (Fsp3) is 0.556. The molecule has 124 valence electrons. The molecule has 0 atom stereocenters. The summed E-state index contributed by atoms with van der Waals surface area (Å²) in [5.74, 6) is 0.249. The molecule has 0 aromatic heterocycles. The molecular formula is C18H25N3O2. The van der Waals surface area contributed by atoms with Gasteiger partial charge in [-0.2, -0.15) is 0 Å². The topological polar surface area (TPSA) is 52.7 Å². The molecule has 1 heterocycles. The molecule has 5 nitrogen and oxygen atoms in total. The van der Waals surface area contributed by atoms with Gasteiger partial charge in [-0.05, 0) is 37.0 Å². The Morgan fingerprint density at radius 3 is 2.61 bits per heavy atom. The second kappa shape index (κ2) is 7.13. The van der Waals surface area contributed by atoms with E-state index in [1.807, 2.05) is 29.2 Å². The van der Waals surface area contributed by atoms with Crippen molar-refractivity contribution < 1.29 is 9.59 Å². The van der Waals surface area contributed by atoms with Gasteiger partial charge in [-0.15, -0.1) is 0 Å². The van der Waals surface area contributed by atoms with Crippen LogP contribution in [0.1, 0.15) is 41.6 Å². The van der Waals surface area contributed by atoms with Gasteiger partial charge in [0.1, 0.15) is 0 Å². The molecule has 0 unspecified atom stereocenters. The Labute approximate surface area is 137 Å². The third-order valence-corrected chi connectivity index (χ3v) is 4.72. The lowest BCUT2D eigenvalue weighted by Crippen LogP contribution is -2.36. The minimum absolute atomic E-state index is 0.0526. The number of carbonyl (C=O) groups excluding carboxylic acids is 2. The van der Waals surface area contributed by atoms with E-state index in [-0.39, 0.29) is 5.91 Å². The highest BCUT2D eigenvalue weighted by molar-refractivity contribution is 5.93. The Morgan fingerprint density at radius 2 is 2.04 bits per heavy atom. The molecule has 1 aliphatic heterocycles. The number of nitrogens with zero attached hydrogens (tertiary/aromatic N) is 2. The molecule has 1 saturated carbocycles. The molecule has 1 N–H and O–H groups in total. The first-order valence-corrected chi connectivity index (χ1v) is 8.50. The highest BCUT2D eigenvalue weighted by Gasteiger charge is 2.30. The van der Waals surface area contributed by atoms with Gasteiger partial charge >= 0.3 is 0 Å². The highest BCUT2D eigenvalue weighted by atomic mass is 16.2. The van der Waals surface area contributed by atoms with Gasteiger partial charge in [0.2, 0.25) is 5.91 Å². The van der Waals surface area contributed by atoms with Gasteiger partial charge in [-0.25, -0.2) is 0 Å². The van der Waals surface area contributed by atoms with Crippen LogP contribution in [0.3, 0.4) is 0 Å². The van der Waals surface area contributed by atoms with Crippen LogP contribution < -0.4 is 5.32 Å². The van der Waals surface area contributed by atoms with Crippen molar-refractivity contribution in [2.75, 3.05) is 26.7 Å². The average molecular weight is 315 g/mol. The van der Waals surface area contributed by atoms with Crippen molar-refractivity contribution in [2.45, 2.75) is 38.3 Å². The summed E-state index contributed by atoms with van der Waals surface area (Å²) in [6.07, 6.45) is 4.22. The average Bonchev–Trinajstić information content (AvgIpc) is 3.34. The van der Waals surface area contributed by atoms with Gasteiger partial charge in [0.05, 0.1) is 0 Å². The maximum Gasteiger partial charge on any atom is 0.251 e. The van der Waals surface area contributed by atoms with Crippen LogP contribution >= 0.6 is 0 Å². The second-order valence-electron chi connectivity index (χ2n) is 6.46. The largest absolute Gasteiger partial charge is 0.355 e. The van der Waals surface area contributed by atoms with E-state index in [9.17, 15) is 9.59 Å².